The number of para-hydroxylation sites is 1. The van der Waals surface area contributed by atoms with E-state index in [4.69, 9.17) is 0 Å². The molecule has 0 aliphatic carbocycles. The summed E-state index contributed by atoms with van der Waals surface area (Å²) in [5.74, 6) is -2.11. The van der Waals surface area contributed by atoms with Crippen molar-refractivity contribution in [2.24, 2.45) is 0 Å². The van der Waals surface area contributed by atoms with Gasteiger partial charge in [0.15, 0.2) is 0 Å². The third-order valence-corrected chi connectivity index (χ3v) is 3.83. The van der Waals surface area contributed by atoms with E-state index in [-0.39, 0.29) is 10.5 Å². The van der Waals surface area contributed by atoms with Crippen molar-refractivity contribution in [2.45, 2.75) is 0 Å². The molecule has 2 rings (SSSR count). The second-order valence-electron chi connectivity index (χ2n) is 4.32. The van der Waals surface area contributed by atoms with Gasteiger partial charge < -0.3 is 9.84 Å². The van der Waals surface area contributed by atoms with Gasteiger partial charge in [-0.05, 0) is 17.8 Å². The largest absolute Gasteiger partial charge is 0.502 e. The number of phenols is 1. The molecule has 23 heavy (non-hydrogen) atoms. The van der Waals surface area contributed by atoms with Crippen molar-refractivity contribution in [1.82, 2.24) is 4.90 Å². The van der Waals surface area contributed by atoms with Crippen LogP contribution >= 0.6 is 11.8 Å². The first kappa shape index (κ1) is 16.5. The molecule has 0 radical (unpaired) electrons. The van der Waals surface area contributed by atoms with E-state index in [1.807, 2.05) is 0 Å². The van der Waals surface area contributed by atoms with Crippen molar-refractivity contribution in [3.63, 3.8) is 0 Å². The number of rotatable bonds is 4. The van der Waals surface area contributed by atoms with Crippen molar-refractivity contribution in [2.75, 3.05) is 13.7 Å². The Labute approximate surface area is 133 Å². The lowest BCUT2D eigenvalue weighted by Gasteiger charge is -2.09. The lowest BCUT2D eigenvalue weighted by molar-refractivity contribution is -0.385. The summed E-state index contributed by atoms with van der Waals surface area (Å²) in [7, 11) is 1.12. The van der Waals surface area contributed by atoms with Gasteiger partial charge in [0.2, 0.25) is 5.75 Å². The minimum absolute atomic E-state index is 0.0165. The third-order valence-electron chi connectivity index (χ3n) is 2.92. The molecule has 10 heteroatoms. The van der Waals surface area contributed by atoms with E-state index in [0.717, 1.165) is 19.3 Å². The number of aromatic hydroxyl groups is 1. The number of thioether (sulfide) groups is 1. The van der Waals surface area contributed by atoms with Gasteiger partial charge in [-0.25, -0.2) is 0 Å². The van der Waals surface area contributed by atoms with Crippen LogP contribution in [0.5, 0.6) is 5.75 Å². The van der Waals surface area contributed by atoms with E-state index >= 15 is 0 Å². The van der Waals surface area contributed by atoms with Crippen molar-refractivity contribution >= 4 is 40.6 Å². The molecule has 0 atom stereocenters. The van der Waals surface area contributed by atoms with Gasteiger partial charge in [0.25, 0.3) is 11.1 Å². The zero-order valence-electron chi connectivity index (χ0n) is 11.7. The summed E-state index contributed by atoms with van der Waals surface area (Å²) in [5, 5.41) is 19.9. The van der Waals surface area contributed by atoms with Crippen LogP contribution in [-0.4, -0.2) is 45.7 Å². The van der Waals surface area contributed by atoms with E-state index in [0.29, 0.717) is 16.7 Å². The maximum Gasteiger partial charge on any atom is 0.325 e. The van der Waals surface area contributed by atoms with E-state index in [2.05, 4.69) is 4.74 Å². The molecule has 1 aliphatic rings. The summed E-state index contributed by atoms with van der Waals surface area (Å²) < 4.78 is 4.39. The van der Waals surface area contributed by atoms with Gasteiger partial charge in [-0.2, -0.15) is 0 Å². The molecule has 1 aromatic carbocycles. The molecule has 0 aromatic heterocycles. The van der Waals surface area contributed by atoms with Gasteiger partial charge in [0.05, 0.1) is 16.9 Å². The molecule has 1 saturated heterocycles. The molecule has 120 valence electrons. The lowest BCUT2D eigenvalue weighted by Crippen LogP contribution is -2.34. The van der Waals surface area contributed by atoms with E-state index in [9.17, 15) is 29.6 Å². The Morgan fingerprint density at radius 2 is 2.17 bits per heavy atom. The fraction of sp³-hybridized carbons (Fsp3) is 0.154. The summed E-state index contributed by atoms with van der Waals surface area (Å²) in [6, 6.07) is 3.80. The number of nitrogens with zero attached hydrogens (tertiary/aromatic N) is 2. The molecule has 1 fully saturated rings. The number of hydrogen-bond acceptors (Lipinski definition) is 8. The molecule has 2 amide bonds. The number of hydrogen-bond donors (Lipinski definition) is 1. The van der Waals surface area contributed by atoms with Crippen LogP contribution in [0.1, 0.15) is 5.56 Å². The summed E-state index contributed by atoms with van der Waals surface area (Å²) in [6.07, 6.45) is 1.16. The number of carbonyl (C=O) groups is 3. The summed E-state index contributed by atoms with van der Waals surface area (Å²) >= 11 is 0.562. The van der Waals surface area contributed by atoms with Gasteiger partial charge in [-0.1, -0.05) is 12.1 Å². The molecular formula is C13H10N2O7S. The average Bonchev–Trinajstić information content (AvgIpc) is 2.76. The van der Waals surface area contributed by atoms with Gasteiger partial charge in [0, 0.05) is 11.6 Å². The minimum Gasteiger partial charge on any atom is -0.502 e. The Morgan fingerprint density at radius 3 is 2.78 bits per heavy atom. The number of ether oxygens (including phenoxy) is 1. The van der Waals surface area contributed by atoms with Gasteiger partial charge in [0.1, 0.15) is 6.54 Å². The smallest absolute Gasteiger partial charge is 0.325 e. The van der Waals surface area contributed by atoms with E-state index < -0.39 is 40.0 Å². The maximum absolute atomic E-state index is 12.1. The monoisotopic (exact) mass is 338 g/mol. The predicted octanol–water partition coefficient (Wildman–Crippen LogP) is 1.51. The van der Waals surface area contributed by atoms with Crippen LogP contribution in [0.4, 0.5) is 10.5 Å². The quantitative estimate of drug-likeness (QED) is 0.379. The number of phenolic OH excluding ortho intramolecular Hbond substituents is 1. The topological polar surface area (TPSA) is 127 Å². The molecule has 1 aromatic rings. The predicted molar refractivity (Wildman–Crippen MR) is 79.5 cm³/mol. The van der Waals surface area contributed by atoms with Crippen LogP contribution in [0.3, 0.4) is 0 Å². The fourth-order valence-corrected chi connectivity index (χ4v) is 2.61. The van der Waals surface area contributed by atoms with Gasteiger partial charge >= 0.3 is 11.7 Å². The third kappa shape index (κ3) is 3.31. The first-order chi connectivity index (χ1) is 10.8. The van der Waals surface area contributed by atoms with Crippen LogP contribution in [0, 0.1) is 10.1 Å². The number of methoxy groups -OCH3 is 1. The summed E-state index contributed by atoms with van der Waals surface area (Å²) in [4.78, 5) is 45.7. The molecule has 1 aliphatic heterocycles. The maximum atomic E-state index is 12.1. The molecule has 0 saturated carbocycles. The Bertz CT molecular complexity index is 744. The Morgan fingerprint density at radius 1 is 1.48 bits per heavy atom. The highest BCUT2D eigenvalue weighted by molar-refractivity contribution is 8.18. The lowest BCUT2D eigenvalue weighted by atomic mass is 10.1. The Kier molecular flexibility index (Phi) is 4.65. The van der Waals surface area contributed by atoms with Crippen LogP contribution in [-0.2, 0) is 14.3 Å². The van der Waals surface area contributed by atoms with Crippen molar-refractivity contribution in [3.05, 3.63) is 38.8 Å². The molecule has 0 bridgehead atoms. The number of imide groups is 1. The summed E-state index contributed by atoms with van der Waals surface area (Å²) in [5.41, 5.74) is -0.504. The van der Waals surface area contributed by atoms with E-state index in [1.165, 1.54) is 12.1 Å². The van der Waals surface area contributed by atoms with Gasteiger partial charge in [-0.15, -0.1) is 0 Å². The van der Waals surface area contributed by atoms with Crippen molar-refractivity contribution in [1.29, 1.82) is 0 Å². The molecule has 1 N–H and O–H groups in total. The number of nitro benzene ring substituents is 1. The zero-order chi connectivity index (χ0) is 17.1. The zero-order valence-corrected chi connectivity index (χ0v) is 12.5. The number of esters is 1. The van der Waals surface area contributed by atoms with E-state index in [1.54, 1.807) is 0 Å². The molecule has 0 unspecified atom stereocenters. The number of benzene rings is 1. The first-order valence-electron chi connectivity index (χ1n) is 6.13. The minimum atomic E-state index is -0.768. The van der Waals surface area contributed by atoms with Crippen molar-refractivity contribution < 1.29 is 29.2 Å². The molecule has 0 spiro atoms. The Balaban J connectivity index is 2.33. The van der Waals surface area contributed by atoms with Crippen LogP contribution < -0.4 is 0 Å². The average molecular weight is 338 g/mol. The van der Waals surface area contributed by atoms with Crippen molar-refractivity contribution in [3.8, 4) is 5.75 Å². The highest BCUT2D eigenvalue weighted by atomic mass is 32.2. The van der Waals surface area contributed by atoms with Crippen LogP contribution in [0.15, 0.2) is 23.1 Å². The number of nitro groups is 1. The highest BCUT2D eigenvalue weighted by Gasteiger charge is 2.36. The van der Waals surface area contributed by atoms with Crippen LogP contribution in [0.25, 0.3) is 6.08 Å². The summed E-state index contributed by atoms with van der Waals surface area (Å²) in [6.45, 7) is -0.528. The SMILES string of the molecule is COC(=O)CN1C(=O)S/C(=C\c2cccc([N+](=O)[O-])c2O)C1=O. The Hall–Kier alpha value is -2.88. The second kappa shape index (κ2) is 6.48. The number of amides is 2. The molecular weight excluding hydrogens is 328 g/mol. The van der Waals surface area contributed by atoms with Crippen LogP contribution in [0.2, 0.25) is 0 Å². The fourth-order valence-electron chi connectivity index (χ4n) is 1.78. The molecule has 1 heterocycles. The normalized spacial score (nSPS) is 16.0. The highest BCUT2D eigenvalue weighted by Crippen LogP contribution is 2.36. The molecule has 9 nitrogen and oxygen atoms in total. The second-order valence-corrected chi connectivity index (χ2v) is 5.31. The number of carbonyl (C=O) groups excluding carboxylic acids is 3. The standard InChI is InChI=1S/C13H10N2O7S/c1-22-10(16)6-14-12(18)9(23-13(14)19)5-7-3-2-4-8(11(7)17)15(20)21/h2-5,17H,6H2,1H3/b9-5-. The van der Waals surface area contributed by atoms with Gasteiger partial charge in [-0.3, -0.25) is 29.4 Å². The first-order valence-corrected chi connectivity index (χ1v) is 6.95.